The van der Waals surface area contributed by atoms with Crippen molar-refractivity contribution in [1.82, 2.24) is 20.9 Å². The fourth-order valence-corrected chi connectivity index (χ4v) is 4.22. The Hall–Kier alpha value is -1.26. The lowest BCUT2D eigenvalue weighted by molar-refractivity contribution is -0.134. The lowest BCUT2D eigenvalue weighted by atomic mass is 10.0. The molecular weight excluding hydrogens is 497 g/mol. The summed E-state index contributed by atoms with van der Waals surface area (Å²) in [6, 6.07) is 0.157. The number of aliphatic imine (C=N–C) groups is 1. The molecule has 2 aliphatic rings. The zero-order valence-corrected chi connectivity index (χ0v) is 21.2. The standard InChI is InChI=1S/C21H39N5O3.HI/c1-5-29-21(28)25-18(12-15(2)3)13-23-20(22-4)24-17-10-11-26(14-17)19(27)16-8-6-7-9-16;/h15-18H,5-14H2,1-4H3,(H,25,28)(H2,22,23,24);1H. The zero-order valence-electron chi connectivity index (χ0n) is 18.9. The Labute approximate surface area is 198 Å². The van der Waals surface area contributed by atoms with Crippen LogP contribution in [0.15, 0.2) is 4.99 Å². The molecule has 2 amide bonds. The van der Waals surface area contributed by atoms with Crippen LogP contribution >= 0.6 is 24.0 Å². The fourth-order valence-electron chi connectivity index (χ4n) is 4.22. The summed E-state index contributed by atoms with van der Waals surface area (Å²) >= 11 is 0. The molecule has 2 rings (SSSR count). The molecule has 1 aliphatic carbocycles. The van der Waals surface area contributed by atoms with Crippen LogP contribution in [0, 0.1) is 11.8 Å². The van der Waals surface area contributed by atoms with Crippen LogP contribution in [0.1, 0.15) is 59.3 Å². The van der Waals surface area contributed by atoms with Gasteiger partial charge in [-0.05, 0) is 38.5 Å². The van der Waals surface area contributed by atoms with Crippen molar-refractivity contribution in [3.8, 4) is 0 Å². The lowest BCUT2D eigenvalue weighted by Crippen LogP contribution is -2.50. The molecular formula is C21H40IN5O3. The van der Waals surface area contributed by atoms with Gasteiger partial charge in [0.15, 0.2) is 5.96 Å². The maximum absolute atomic E-state index is 12.6. The third-order valence-corrected chi connectivity index (χ3v) is 5.64. The monoisotopic (exact) mass is 537 g/mol. The van der Waals surface area contributed by atoms with Crippen molar-refractivity contribution in [1.29, 1.82) is 0 Å². The molecule has 1 saturated heterocycles. The van der Waals surface area contributed by atoms with E-state index in [4.69, 9.17) is 4.74 Å². The highest BCUT2D eigenvalue weighted by atomic mass is 127. The second-order valence-corrected chi connectivity index (χ2v) is 8.54. The summed E-state index contributed by atoms with van der Waals surface area (Å²) in [5, 5.41) is 9.66. The highest BCUT2D eigenvalue weighted by Crippen LogP contribution is 2.27. The van der Waals surface area contributed by atoms with Crippen LogP contribution in [-0.4, -0.2) is 68.2 Å². The average Bonchev–Trinajstić information content (AvgIpc) is 3.36. The number of hydrogen-bond donors (Lipinski definition) is 3. The van der Waals surface area contributed by atoms with E-state index < -0.39 is 0 Å². The molecule has 174 valence electrons. The van der Waals surface area contributed by atoms with E-state index in [-0.39, 0.29) is 48.1 Å². The summed E-state index contributed by atoms with van der Waals surface area (Å²) in [5.41, 5.74) is 0. The topological polar surface area (TPSA) is 95.1 Å². The van der Waals surface area contributed by atoms with E-state index in [1.165, 1.54) is 12.8 Å². The van der Waals surface area contributed by atoms with E-state index >= 15 is 0 Å². The molecule has 0 aromatic heterocycles. The number of carbonyl (C=O) groups is 2. The van der Waals surface area contributed by atoms with Crippen molar-refractivity contribution in [2.45, 2.75) is 71.4 Å². The van der Waals surface area contributed by atoms with E-state index in [0.717, 1.165) is 38.8 Å². The van der Waals surface area contributed by atoms with E-state index in [2.05, 4.69) is 34.8 Å². The minimum atomic E-state index is -0.389. The average molecular weight is 537 g/mol. The number of hydrogen-bond acceptors (Lipinski definition) is 4. The summed E-state index contributed by atoms with van der Waals surface area (Å²) in [4.78, 5) is 30.7. The first-order valence-corrected chi connectivity index (χ1v) is 11.1. The lowest BCUT2D eigenvalue weighted by Gasteiger charge is -2.24. The summed E-state index contributed by atoms with van der Waals surface area (Å²) < 4.78 is 5.01. The first kappa shape index (κ1) is 26.8. The normalized spacial score (nSPS) is 20.6. The zero-order chi connectivity index (χ0) is 21.2. The Morgan fingerprint density at radius 3 is 2.50 bits per heavy atom. The van der Waals surface area contributed by atoms with Crippen LogP contribution < -0.4 is 16.0 Å². The van der Waals surface area contributed by atoms with Crippen molar-refractivity contribution >= 4 is 41.9 Å². The first-order valence-electron chi connectivity index (χ1n) is 11.1. The number of rotatable bonds is 8. The van der Waals surface area contributed by atoms with Gasteiger partial charge in [0.05, 0.1) is 6.61 Å². The Morgan fingerprint density at radius 1 is 1.20 bits per heavy atom. The van der Waals surface area contributed by atoms with E-state index in [1.54, 1.807) is 14.0 Å². The maximum atomic E-state index is 12.6. The molecule has 1 saturated carbocycles. The quantitative estimate of drug-likeness (QED) is 0.252. The van der Waals surface area contributed by atoms with Crippen molar-refractivity contribution in [2.24, 2.45) is 16.8 Å². The highest BCUT2D eigenvalue weighted by Gasteiger charge is 2.32. The number of nitrogens with one attached hydrogen (secondary N) is 3. The van der Waals surface area contributed by atoms with Crippen molar-refractivity contribution in [3.05, 3.63) is 0 Å². The molecule has 30 heavy (non-hydrogen) atoms. The van der Waals surface area contributed by atoms with Crippen LogP contribution in [-0.2, 0) is 9.53 Å². The van der Waals surface area contributed by atoms with Gasteiger partial charge in [-0.15, -0.1) is 24.0 Å². The molecule has 0 aromatic carbocycles. The first-order chi connectivity index (χ1) is 13.9. The molecule has 2 atom stereocenters. The van der Waals surface area contributed by atoms with Gasteiger partial charge < -0.3 is 25.6 Å². The van der Waals surface area contributed by atoms with Gasteiger partial charge in [0.25, 0.3) is 0 Å². The predicted molar refractivity (Wildman–Crippen MR) is 130 cm³/mol. The van der Waals surface area contributed by atoms with Crippen LogP contribution in [0.5, 0.6) is 0 Å². The van der Waals surface area contributed by atoms with Crippen LogP contribution in [0.25, 0.3) is 0 Å². The minimum absolute atomic E-state index is 0. The van der Waals surface area contributed by atoms with Crippen LogP contribution in [0.4, 0.5) is 4.79 Å². The molecule has 9 heteroatoms. The molecule has 0 bridgehead atoms. The van der Waals surface area contributed by atoms with Crippen molar-refractivity contribution in [2.75, 3.05) is 33.3 Å². The van der Waals surface area contributed by atoms with Crippen LogP contribution in [0.3, 0.4) is 0 Å². The predicted octanol–water partition coefficient (Wildman–Crippen LogP) is 2.72. The summed E-state index contributed by atoms with van der Waals surface area (Å²) in [6.45, 7) is 8.51. The molecule has 0 aromatic rings. The van der Waals surface area contributed by atoms with E-state index in [1.807, 2.05) is 4.90 Å². The minimum Gasteiger partial charge on any atom is -0.450 e. The Bertz CT molecular complexity index is 567. The highest BCUT2D eigenvalue weighted by molar-refractivity contribution is 14.0. The molecule has 2 unspecified atom stereocenters. The van der Waals surface area contributed by atoms with Gasteiger partial charge in [-0.2, -0.15) is 0 Å². The molecule has 3 N–H and O–H groups in total. The second kappa shape index (κ2) is 13.9. The van der Waals surface area contributed by atoms with Crippen molar-refractivity contribution in [3.63, 3.8) is 0 Å². The number of amides is 2. The number of likely N-dealkylation sites (tertiary alicyclic amines) is 1. The van der Waals surface area contributed by atoms with Crippen LogP contribution in [0.2, 0.25) is 0 Å². The molecule has 1 heterocycles. The van der Waals surface area contributed by atoms with Gasteiger partial charge in [0, 0.05) is 44.7 Å². The number of halogens is 1. The Kier molecular flexibility index (Phi) is 12.4. The Morgan fingerprint density at radius 2 is 1.90 bits per heavy atom. The SMILES string of the molecule is CCOC(=O)NC(CNC(=NC)NC1CCN(C(=O)C2CCCC2)C1)CC(C)C.I. The Balaban J connectivity index is 0.00000450. The van der Waals surface area contributed by atoms with Crippen molar-refractivity contribution < 1.29 is 14.3 Å². The van der Waals surface area contributed by atoms with Gasteiger partial charge in [0.2, 0.25) is 5.91 Å². The molecule has 0 spiro atoms. The van der Waals surface area contributed by atoms with Gasteiger partial charge in [0.1, 0.15) is 0 Å². The van der Waals surface area contributed by atoms with Gasteiger partial charge >= 0.3 is 6.09 Å². The van der Waals surface area contributed by atoms with E-state index in [0.29, 0.717) is 30.9 Å². The smallest absolute Gasteiger partial charge is 0.407 e. The maximum Gasteiger partial charge on any atom is 0.407 e. The molecule has 1 aliphatic heterocycles. The largest absolute Gasteiger partial charge is 0.450 e. The third kappa shape index (κ3) is 8.85. The van der Waals surface area contributed by atoms with Gasteiger partial charge in [-0.1, -0.05) is 26.7 Å². The third-order valence-electron chi connectivity index (χ3n) is 5.64. The summed E-state index contributed by atoms with van der Waals surface area (Å²) in [6.07, 6.45) is 5.83. The molecule has 8 nitrogen and oxygen atoms in total. The van der Waals surface area contributed by atoms with E-state index in [9.17, 15) is 9.59 Å². The molecule has 2 fully saturated rings. The van der Waals surface area contributed by atoms with Gasteiger partial charge in [-0.3, -0.25) is 9.79 Å². The van der Waals surface area contributed by atoms with Gasteiger partial charge in [-0.25, -0.2) is 4.79 Å². The summed E-state index contributed by atoms with van der Waals surface area (Å²) in [5.74, 6) is 1.70. The number of nitrogens with zero attached hydrogens (tertiary/aromatic N) is 2. The second-order valence-electron chi connectivity index (χ2n) is 8.54. The summed E-state index contributed by atoms with van der Waals surface area (Å²) in [7, 11) is 1.74. The number of carbonyl (C=O) groups excluding carboxylic acids is 2. The number of alkyl carbamates (subject to hydrolysis) is 1. The number of guanidine groups is 1. The fraction of sp³-hybridized carbons (Fsp3) is 0.857. The number of ether oxygens (including phenoxy) is 1. The molecule has 0 radical (unpaired) electrons.